The van der Waals surface area contributed by atoms with Gasteiger partial charge in [-0.3, -0.25) is 0 Å². The van der Waals surface area contributed by atoms with Crippen LogP contribution in [-0.4, -0.2) is 4.98 Å². The number of hydrogen-bond donors (Lipinski definition) is 1. The molecule has 3 aromatic carbocycles. The third-order valence-corrected chi connectivity index (χ3v) is 7.38. The third kappa shape index (κ3) is 3.22. The van der Waals surface area contributed by atoms with E-state index >= 15 is 0 Å². The lowest BCUT2D eigenvalue weighted by Crippen LogP contribution is -2.26. The summed E-state index contributed by atoms with van der Waals surface area (Å²) in [7, 11) is 0. The van der Waals surface area contributed by atoms with Crippen LogP contribution in [0.25, 0.3) is 26.8 Å². The molecule has 6 rings (SSSR count). The summed E-state index contributed by atoms with van der Waals surface area (Å²) in [6.45, 7) is 4.31. The SMILES string of the molecule is CC(C)c1ccc(C2C(c3nc4ccccc4s3)=C(N)Oc3c2c(=O)oc2ccccc32)cc1. The summed E-state index contributed by atoms with van der Waals surface area (Å²) in [5.74, 6) is 0.633. The number of hydrogen-bond acceptors (Lipinski definition) is 6. The van der Waals surface area contributed by atoms with Crippen LogP contribution in [0, 0.1) is 0 Å². The number of thiazole rings is 1. The minimum atomic E-state index is -0.466. The van der Waals surface area contributed by atoms with E-state index in [9.17, 15) is 4.79 Å². The van der Waals surface area contributed by atoms with E-state index in [1.807, 2.05) is 42.5 Å². The van der Waals surface area contributed by atoms with E-state index < -0.39 is 11.5 Å². The molecule has 0 saturated carbocycles. The van der Waals surface area contributed by atoms with Crippen molar-refractivity contribution in [3.8, 4) is 5.75 Å². The van der Waals surface area contributed by atoms with Crippen molar-refractivity contribution in [3.05, 3.63) is 111 Å². The van der Waals surface area contributed by atoms with Crippen LogP contribution in [0.1, 0.15) is 47.4 Å². The van der Waals surface area contributed by atoms with Gasteiger partial charge in [0.05, 0.1) is 32.7 Å². The molecule has 0 saturated heterocycles. The van der Waals surface area contributed by atoms with Crippen LogP contribution >= 0.6 is 11.3 Å². The molecule has 1 atom stereocenters. The lowest BCUT2D eigenvalue weighted by atomic mass is 9.82. The molecule has 0 spiro atoms. The van der Waals surface area contributed by atoms with Gasteiger partial charge in [0.15, 0.2) is 11.6 Å². The van der Waals surface area contributed by atoms with E-state index in [1.54, 1.807) is 6.07 Å². The number of nitrogens with two attached hydrogens (primary N) is 1. The minimum absolute atomic E-state index is 0.250. The third-order valence-electron chi connectivity index (χ3n) is 6.31. The van der Waals surface area contributed by atoms with Gasteiger partial charge in [0.25, 0.3) is 0 Å². The number of rotatable bonds is 3. The Labute approximate surface area is 200 Å². The predicted octanol–water partition coefficient (Wildman–Crippen LogP) is 6.38. The van der Waals surface area contributed by atoms with Crippen LogP contribution in [-0.2, 0) is 0 Å². The first-order valence-electron chi connectivity index (χ1n) is 11.2. The average molecular weight is 467 g/mol. The molecule has 0 bridgehead atoms. The van der Waals surface area contributed by atoms with Crippen molar-refractivity contribution in [2.75, 3.05) is 0 Å². The van der Waals surface area contributed by atoms with Gasteiger partial charge in [0.2, 0.25) is 0 Å². The fourth-order valence-electron chi connectivity index (χ4n) is 4.57. The van der Waals surface area contributed by atoms with Crippen LogP contribution < -0.4 is 16.1 Å². The summed E-state index contributed by atoms with van der Waals surface area (Å²) >= 11 is 1.54. The topological polar surface area (TPSA) is 78.4 Å². The Morgan fingerprint density at radius 1 is 0.971 bits per heavy atom. The Hall–Kier alpha value is -3.90. The molecule has 1 unspecified atom stereocenters. The fraction of sp³-hybridized carbons (Fsp3) is 0.143. The first kappa shape index (κ1) is 20.7. The first-order valence-corrected chi connectivity index (χ1v) is 12.0. The van der Waals surface area contributed by atoms with Crippen LogP contribution in [0.3, 0.4) is 0 Å². The first-order chi connectivity index (χ1) is 16.5. The highest BCUT2D eigenvalue weighted by molar-refractivity contribution is 7.19. The highest BCUT2D eigenvalue weighted by Gasteiger charge is 2.37. The molecule has 3 heterocycles. The van der Waals surface area contributed by atoms with E-state index in [0.29, 0.717) is 33.8 Å². The standard InChI is InChI=1S/C28H22N2O3S/c1-15(2)16-11-13-17(14-12-16)22-23-25(18-7-3-5-9-20(18)32-28(23)31)33-26(29)24(22)27-30-19-8-4-6-10-21(19)34-27/h3-15,22H,29H2,1-2H3. The second kappa shape index (κ2) is 7.85. The quantitative estimate of drug-likeness (QED) is 0.312. The summed E-state index contributed by atoms with van der Waals surface area (Å²) in [5.41, 5.74) is 10.8. The van der Waals surface area contributed by atoms with Gasteiger partial charge in [-0.05, 0) is 41.3 Å². The van der Waals surface area contributed by atoms with Crippen molar-refractivity contribution in [3.63, 3.8) is 0 Å². The lowest BCUT2D eigenvalue weighted by molar-refractivity contribution is 0.399. The molecule has 0 fully saturated rings. The van der Waals surface area contributed by atoms with Gasteiger partial charge < -0.3 is 14.9 Å². The summed E-state index contributed by atoms with van der Waals surface area (Å²) in [6.07, 6.45) is 0. The molecule has 0 aliphatic carbocycles. The van der Waals surface area contributed by atoms with Crippen molar-refractivity contribution in [2.45, 2.75) is 25.7 Å². The van der Waals surface area contributed by atoms with Gasteiger partial charge in [-0.2, -0.15) is 0 Å². The lowest BCUT2D eigenvalue weighted by Gasteiger charge is -2.28. The zero-order valence-electron chi connectivity index (χ0n) is 18.7. The number of ether oxygens (including phenoxy) is 1. The molecule has 2 N–H and O–H groups in total. The predicted molar refractivity (Wildman–Crippen MR) is 136 cm³/mol. The van der Waals surface area contributed by atoms with Gasteiger partial charge in [-0.1, -0.05) is 62.4 Å². The van der Waals surface area contributed by atoms with Gasteiger partial charge in [-0.15, -0.1) is 11.3 Å². The van der Waals surface area contributed by atoms with Gasteiger partial charge in [0.1, 0.15) is 10.6 Å². The number of allylic oxidation sites excluding steroid dienone is 1. The van der Waals surface area contributed by atoms with Crippen LogP contribution in [0.5, 0.6) is 5.75 Å². The van der Waals surface area contributed by atoms with Crippen molar-refractivity contribution in [1.82, 2.24) is 4.98 Å². The van der Waals surface area contributed by atoms with Crippen molar-refractivity contribution < 1.29 is 9.15 Å². The Bertz CT molecular complexity index is 1610. The molecule has 1 aliphatic heterocycles. The highest BCUT2D eigenvalue weighted by atomic mass is 32.1. The normalized spacial score (nSPS) is 15.7. The Kier molecular flexibility index (Phi) is 4.78. The van der Waals surface area contributed by atoms with Gasteiger partial charge >= 0.3 is 5.63 Å². The molecule has 2 aromatic heterocycles. The molecule has 5 nitrogen and oxygen atoms in total. The van der Waals surface area contributed by atoms with Crippen molar-refractivity contribution >= 4 is 38.1 Å². The number of para-hydroxylation sites is 2. The van der Waals surface area contributed by atoms with Crippen molar-refractivity contribution in [2.24, 2.45) is 5.73 Å². The Morgan fingerprint density at radius 3 is 2.47 bits per heavy atom. The molecular weight excluding hydrogens is 444 g/mol. The van der Waals surface area contributed by atoms with E-state index in [-0.39, 0.29) is 5.88 Å². The van der Waals surface area contributed by atoms with E-state index in [1.165, 1.54) is 16.9 Å². The molecule has 1 aliphatic rings. The maximum Gasteiger partial charge on any atom is 0.344 e. The Balaban J connectivity index is 1.64. The van der Waals surface area contributed by atoms with Crippen LogP contribution in [0.15, 0.2) is 87.9 Å². The van der Waals surface area contributed by atoms with E-state index in [2.05, 4.69) is 38.1 Å². The van der Waals surface area contributed by atoms with E-state index in [0.717, 1.165) is 20.8 Å². The summed E-state index contributed by atoms with van der Waals surface area (Å²) in [4.78, 5) is 18.2. The number of aromatic nitrogens is 1. The summed E-state index contributed by atoms with van der Waals surface area (Å²) in [6, 6.07) is 23.6. The van der Waals surface area contributed by atoms with Crippen LogP contribution in [0.2, 0.25) is 0 Å². The molecule has 5 aromatic rings. The molecule has 34 heavy (non-hydrogen) atoms. The average Bonchev–Trinajstić information content (AvgIpc) is 3.27. The van der Waals surface area contributed by atoms with E-state index in [4.69, 9.17) is 19.9 Å². The smallest absolute Gasteiger partial charge is 0.344 e. The molecule has 0 amide bonds. The Morgan fingerprint density at radius 2 is 1.71 bits per heavy atom. The summed E-state index contributed by atoms with van der Waals surface area (Å²) < 4.78 is 12.9. The minimum Gasteiger partial charge on any atom is -0.440 e. The van der Waals surface area contributed by atoms with Crippen molar-refractivity contribution in [1.29, 1.82) is 0 Å². The maximum absolute atomic E-state index is 13.4. The van der Waals surface area contributed by atoms with Gasteiger partial charge in [-0.25, -0.2) is 9.78 Å². The second-order valence-corrected chi connectivity index (χ2v) is 9.78. The fourth-order valence-corrected chi connectivity index (χ4v) is 5.61. The zero-order valence-corrected chi connectivity index (χ0v) is 19.6. The molecule has 0 radical (unpaired) electrons. The second-order valence-electron chi connectivity index (χ2n) is 8.75. The molecular formula is C28H22N2O3S. The maximum atomic E-state index is 13.4. The molecule has 6 heteroatoms. The molecule has 168 valence electrons. The monoisotopic (exact) mass is 466 g/mol. The van der Waals surface area contributed by atoms with Gasteiger partial charge in [0, 0.05) is 0 Å². The highest BCUT2D eigenvalue weighted by Crippen LogP contribution is 2.48. The largest absolute Gasteiger partial charge is 0.440 e. The zero-order chi connectivity index (χ0) is 23.4. The number of nitrogens with zero attached hydrogens (tertiary/aromatic N) is 1. The number of fused-ring (bicyclic) bond motifs is 4. The number of benzene rings is 3. The van der Waals surface area contributed by atoms with Crippen LogP contribution in [0.4, 0.5) is 0 Å². The summed E-state index contributed by atoms with van der Waals surface area (Å²) in [5, 5.41) is 1.45.